The highest BCUT2D eigenvalue weighted by Crippen LogP contribution is 2.45. The normalized spacial score (nSPS) is 23.2. The van der Waals surface area contributed by atoms with Crippen LogP contribution < -0.4 is 10.5 Å². The second-order valence-corrected chi connectivity index (χ2v) is 12.4. The largest absolute Gasteiger partial charge is 0.393 e. The number of nitrogens with zero attached hydrogens (tertiary/aromatic N) is 2. The lowest BCUT2D eigenvalue weighted by atomic mass is 10.00. The summed E-state index contributed by atoms with van der Waals surface area (Å²) in [5, 5.41) is 19.3. The lowest BCUT2D eigenvalue weighted by molar-refractivity contribution is 0.0942. The van der Waals surface area contributed by atoms with Gasteiger partial charge in [0.1, 0.15) is 18.2 Å². The summed E-state index contributed by atoms with van der Waals surface area (Å²) in [5.41, 5.74) is 4.27. The number of anilines is 1. The monoisotopic (exact) mass is 582 g/mol. The van der Waals surface area contributed by atoms with Crippen LogP contribution >= 0.6 is 34.5 Å². The standard InChI is InChI=1S/C24H24Cl2N4O5S2/c1-12(21-7-18(23(26)36-21)22-17-5-15(25)3-2-13(17)9-34-22)19-8-28-11-29-24(19)30-16-4-14(20(31)6-16)10-35-37(27,32)33/h2-3,5,7-8,11,14,16,20,22,31H,1,4,6,9-10H2,(H2,27,32,33)(H,28,29,30)/t14-,16-,20+,22?/m1/s1. The smallest absolute Gasteiger partial charge is 0.333 e. The van der Waals surface area contributed by atoms with E-state index in [0.29, 0.717) is 45.8 Å². The molecule has 2 aliphatic rings. The maximum absolute atomic E-state index is 11.1. The molecule has 0 spiro atoms. The molecule has 2 aromatic heterocycles. The summed E-state index contributed by atoms with van der Waals surface area (Å²) in [6.07, 6.45) is 2.90. The van der Waals surface area contributed by atoms with Crippen molar-refractivity contribution in [3.05, 3.63) is 79.9 Å². The summed E-state index contributed by atoms with van der Waals surface area (Å²) >= 11 is 14.3. The number of aromatic nitrogens is 2. The number of aliphatic hydroxyl groups is 1. The van der Waals surface area contributed by atoms with E-state index in [1.165, 1.54) is 17.7 Å². The molecule has 1 unspecified atom stereocenters. The molecule has 196 valence electrons. The van der Waals surface area contributed by atoms with Gasteiger partial charge >= 0.3 is 10.3 Å². The Morgan fingerprint density at radius 2 is 2.11 bits per heavy atom. The Morgan fingerprint density at radius 1 is 1.30 bits per heavy atom. The molecule has 1 fully saturated rings. The zero-order chi connectivity index (χ0) is 26.3. The van der Waals surface area contributed by atoms with Gasteiger partial charge in [0.05, 0.1) is 23.7 Å². The van der Waals surface area contributed by atoms with Crippen LogP contribution in [0.25, 0.3) is 5.57 Å². The van der Waals surface area contributed by atoms with Gasteiger partial charge in [-0.05, 0) is 47.7 Å². The van der Waals surface area contributed by atoms with Crippen molar-refractivity contribution in [3.63, 3.8) is 0 Å². The summed E-state index contributed by atoms with van der Waals surface area (Å²) in [5.74, 6) is 0.163. The van der Waals surface area contributed by atoms with E-state index >= 15 is 0 Å². The third-order valence-electron chi connectivity index (χ3n) is 6.57. The van der Waals surface area contributed by atoms with Crippen LogP contribution in [-0.4, -0.2) is 42.2 Å². The third kappa shape index (κ3) is 5.84. The second kappa shape index (κ2) is 10.6. The lowest BCUT2D eigenvalue weighted by Crippen LogP contribution is -2.24. The molecule has 37 heavy (non-hydrogen) atoms. The topological polar surface area (TPSA) is 137 Å². The van der Waals surface area contributed by atoms with Gasteiger partial charge in [-0.2, -0.15) is 8.42 Å². The molecule has 1 saturated carbocycles. The molecule has 4 N–H and O–H groups in total. The third-order valence-corrected chi connectivity index (χ3v) is 8.72. The SMILES string of the molecule is C=C(c1cc(C2OCc3ccc(Cl)cc32)c(Cl)s1)c1cncnc1N[C@@H]1C[C@H](COS(N)(=O)=O)[C@@H](O)C1. The highest BCUT2D eigenvalue weighted by molar-refractivity contribution is 7.84. The number of nitrogens with two attached hydrogens (primary N) is 1. The van der Waals surface area contributed by atoms with Crippen molar-refractivity contribution < 1.29 is 22.4 Å². The van der Waals surface area contributed by atoms with E-state index in [9.17, 15) is 13.5 Å². The maximum Gasteiger partial charge on any atom is 0.333 e. The van der Waals surface area contributed by atoms with E-state index in [0.717, 1.165) is 21.6 Å². The van der Waals surface area contributed by atoms with Crippen LogP contribution in [0, 0.1) is 5.92 Å². The summed E-state index contributed by atoms with van der Waals surface area (Å²) < 4.78 is 33.5. The van der Waals surface area contributed by atoms with E-state index in [2.05, 4.69) is 26.0 Å². The maximum atomic E-state index is 11.1. The molecule has 13 heteroatoms. The number of rotatable bonds is 8. The fourth-order valence-electron chi connectivity index (χ4n) is 4.75. The Hall–Kier alpha value is -2.09. The molecule has 9 nitrogen and oxygen atoms in total. The van der Waals surface area contributed by atoms with E-state index < -0.39 is 16.4 Å². The van der Waals surface area contributed by atoms with Gasteiger partial charge in [-0.1, -0.05) is 35.8 Å². The Labute approximate surface area is 228 Å². The van der Waals surface area contributed by atoms with Crippen molar-refractivity contribution in [1.29, 1.82) is 0 Å². The fourth-order valence-corrected chi connectivity index (χ4v) is 6.59. The van der Waals surface area contributed by atoms with Gasteiger partial charge in [0.2, 0.25) is 0 Å². The van der Waals surface area contributed by atoms with E-state index in [1.807, 2.05) is 24.3 Å². The Balaban J connectivity index is 1.34. The molecular weight excluding hydrogens is 559 g/mol. The lowest BCUT2D eigenvalue weighted by Gasteiger charge is -2.17. The van der Waals surface area contributed by atoms with E-state index in [4.69, 9.17) is 33.1 Å². The zero-order valence-corrected chi connectivity index (χ0v) is 22.6. The fraction of sp³-hybridized carbons (Fsp3) is 0.333. The molecule has 1 aliphatic carbocycles. The highest BCUT2D eigenvalue weighted by atomic mass is 35.5. The van der Waals surface area contributed by atoms with Crippen molar-refractivity contribution in [2.45, 2.75) is 37.7 Å². The molecule has 0 radical (unpaired) electrons. The van der Waals surface area contributed by atoms with Gasteiger partial charge in [0.15, 0.2) is 0 Å². The summed E-state index contributed by atoms with van der Waals surface area (Å²) in [4.78, 5) is 9.40. The van der Waals surface area contributed by atoms with Crippen LogP contribution in [0.1, 0.15) is 46.1 Å². The number of benzene rings is 1. The average molecular weight is 584 g/mol. The van der Waals surface area contributed by atoms with Gasteiger partial charge < -0.3 is 15.2 Å². The van der Waals surface area contributed by atoms with Crippen LogP contribution in [0.3, 0.4) is 0 Å². The van der Waals surface area contributed by atoms with Gasteiger partial charge in [0.25, 0.3) is 0 Å². The number of hydrogen-bond donors (Lipinski definition) is 3. The number of fused-ring (bicyclic) bond motifs is 1. The molecule has 4 atom stereocenters. The van der Waals surface area contributed by atoms with Crippen molar-refractivity contribution in [2.75, 3.05) is 11.9 Å². The first-order valence-corrected chi connectivity index (χ1v) is 14.4. The first-order valence-electron chi connectivity index (χ1n) is 11.4. The molecule has 3 heterocycles. The molecule has 0 bridgehead atoms. The van der Waals surface area contributed by atoms with Crippen LogP contribution in [0.4, 0.5) is 5.82 Å². The first-order chi connectivity index (χ1) is 17.6. The van der Waals surface area contributed by atoms with Crippen LogP contribution in [0.5, 0.6) is 0 Å². The molecule has 1 aliphatic heterocycles. The second-order valence-electron chi connectivity index (χ2n) is 9.05. The molecule has 1 aromatic carbocycles. The van der Waals surface area contributed by atoms with Crippen LogP contribution in [0.2, 0.25) is 9.36 Å². The molecule has 3 aromatic rings. The van der Waals surface area contributed by atoms with Crippen molar-refractivity contribution in [2.24, 2.45) is 11.1 Å². The Kier molecular flexibility index (Phi) is 7.58. The number of ether oxygens (including phenoxy) is 1. The van der Waals surface area contributed by atoms with E-state index in [-0.39, 0.29) is 24.7 Å². The predicted molar refractivity (Wildman–Crippen MR) is 143 cm³/mol. The zero-order valence-electron chi connectivity index (χ0n) is 19.4. The Morgan fingerprint density at radius 3 is 2.89 bits per heavy atom. The van der Waals surface area contributed by atoms with Crippen molar-refractivity contribution >= 4 is 56.2 Å². The number of nitrogens with one attached hydrogen (secondary N) is 1. The number of hydrogen-bond acceptors (Lipinski definition) is 9. The molecular formula is C24H24Cl2N4O5S2. The van der Waals surface area contributed by atoms with Gasteiger partial charge in [-0.25, -0.2) is 15.1 Å². The van der Waals surface area contributed by atoms with Gasteiger partial charge in [-0.15, -0.1) is 11.3 Å². The van der Waals surface area contributed by atoms with E-state index in [1.54, 1.807) is 6.20 Å². The molecule has 0 saturated heterocycles. The average Bonchev–Trinajstić information content (AvgIpc) is 3.53. The Bertz CT molecular complexity index is 1450. The number of thiophene rings is 1. The summed E-state index contributed by atoms with van der Waals surface area (Å²) in [7, 11) is -4.08. The van der Waals surface area contributed by atoms with Crippen LogP contribution in [0.15, 0.2) is 43.4 Å². The minimum atomic E-state index is -4.08. The van der Waals surface area contributed by atoms with Crippen molar-refractivity contribution in [1.82, 2.24) is 9.97 Å². The molecule has 0 amide bonds. The first kappa shape index (κ1) is 26.5. The number of aliphatic hydroxyl groups excluding tert-OH is 1. The minimum Gasteiger partial charge on any atom is -0.393 e. The quantitative estimate of drug-likeness (QED) is 0.357. The highest BCUT2D eigenvalue weighted by Gasteiger charge is 2.35. The van der Waals surface area contributed by atoms with Crippen molar-refractivity contribution in [3.8, 4) is 0 Å². The van der Waals surface area contributed by atoms with Gasteiger partial charge in [0, 0.05) is 39.2 Å². The predicted octanol–water partition coefficient (Wildman–Crippen LogP) is 4.30. The minimum absolute atomic E-state index is 0.166. The molecule has 5 rings (SSSR count). The summed E-state index contributed by atoms with van der Waals surface area (Å²) in [6.45, 7) is 4.57. The van der Waals surface area contributed by atoms with Gasteiger partial charge in [-0.3, -0.25) is 4.18 Å². The van der Waals surface area contributed by atoms with Crippen LogP contribution in [-0.2, 0) is 25.8 Å². The summed E-state index contributed by atoms with van der Waals surface area (Å²) in [6, 6.07) is 7.51. The number of halogens is 2.